The van der Waals surface area contributed by atoms with Gasteiger partial charge in [-0.15, -0.1) is 0 Å². The number of aromatic nitrogens is 2. The molecule has 2 aromatic carbocycles. The van der Waals surface area contributed by atoms with Crippen molar-refractivity contribution in [2.75, 3.05) is 0 Å². The molecule has 0 aliphatic carbocycles. The maximum atomic E-state index is 11.1. The first-order valence-corrected chi connectivity index (χ1v) is 7.68. The number of para-hydroxylation sites is 1. The van der Waals surface area contributed by atoms with Crippen molar-refractivity contribution in [1.82, 2.24) is 9.97 Å². The van der Waals surface area contributed by atoms with E-state index in [4.69, 9.17) is 0 Å². The van der Waals surface area contributed by atoms with E-state index in [9.17, 15) is 19.2 Å². The number of hydrogen-bond donors (Lipinski definition) is 2. The summed E-state index contributed by atoms with van der Waals surface area (Å²) in [6.07, 6.45) is 0. The van der Waals surface area contributed by atoms with Crippen LogP contribution in [0.3, 0.4) is 0 Å². The summed E-state index contributed by atoms with van der Waals surface area (Å²) in [6, 6.07) is 11.6. The number of fused-ring (bicyclic) bond motifs is 2. The van der Waals surface area contributed by atoms with Crippen LogP contribution in [0.4, 0.5) is 0 Å². The number of aromatic amines is 2. The maximum absolute atomic E-state index is 11.1. The number of nitrogens with one attached hydrogen (secondary N) is 2. The summed E-state index contributed by atoms with van der Waals surface area (Å²) >= 11 is 3.21. The van der Waals surface area contributed by atoms with Gasteiger partial charge in [-0.3, -0.25) is 9.97 Å². The van der Waals surface area contributed by atoms with Gasteiger partial charge in [-0.1, -0.05) is 28.1 Å². The van der Waals surface area contributed by atoms with E-state index in [-0.39, 0.29) is 0 Å². The Morgan fingerprint density at radius 1 is 0.720 bits per heavy atom. The molecular weight excluding hydrogens is 396 g/mol. The van der Waals surface area contributed by atoms with Gasteiger partial charge in [0.1, 0.15) is 0 Å². The van der Waals surface area contributed by atoms with Gasteiger partial charge in [-0.25, -0.2) is 19.2 Å². The summed E-state index contributed by atoms with van der Waals surface area (Å²) in [6.45, 7) is 0. The van der Waals surface area contributed by atoms with Crippen LogP contribution in [-0.4, -0.2) is 9.97 Å². The largest absolute Gasteiger partial charge is 0.419 e. The Morgan fingerprint density at radius 3 is 1.96 bits per heavy atom. The Bertz CT molecular complexity index is 1300. The summed E-state index contributed by atoms with van der Waals surface area (Å²) in [5, 5.41) is 0.742. The minimum absolute atomic E-state index is 0.356. The Kier molecular flexibility index (Phi) is 4.48. The van der Waals surface area contributed by atoms with E-state index < -0.39 is 22.8 Å². The molecule has 2 N–H and O–H groups in total. The fraction of sp³-hybridized carbons (Fsp3) is 0. The molecule has 0 unspecified atom stereocenters. The van der Waals surface area contributed by atoms with Gasteiger partial charge < -0.3 is 8.83 Å². The molecule has 9 heteroatoms. The molecule has 0 bridgehead atoms. The lowest BCUT2D eigenvalue weighted by Crippen LogP contribution is -2.14. The molecule has 0 radical (unpaired) electrons. The van der Waals surface area contributed by atoms with Gasteiger partial charge in [-0.05, 0) is 30.3 Å². The van der Waals surface area contributed by atoms with Crippen LogP contribution in [0, 0.1) is 0 Å². The molecule has 0 saturated heterocycles. The summed E-state index contributed by atoms with van der Waals surface area (Å²) in [5.41, 5.74) is -0.252. The van der Waals surface area contributed by atoms with Crippen molar-refractivity contribution in [1.29, 1.82) is 0 Å². The highest BCUT2D eigenvalue weighted by molar-refractivity contribution is 9.10. The zero-order chi connectivity index (χ0) is 18.0. The van der Waals surface area contributed by atoms with E-state index in [2.05, 4.69) is 34.7 Å². The van der Waals surface area contributed by atoms with E-state index in [1.807, 2.05) is 0 Å². The van der Waals surface area contributed by atoms with Gasteiger partial charge in [0.15, 0.2) is 0 Å². The van der Waals surface area contributed by atoms with Crippen LogP contribution in [0.1, 0.15) is 0 Å². The minimum Gasteiger partial charge on any atom is -0.372 e. The molecule has 4 rings (SSSR count). The number of rotatable bonds is 0. The Hall–Kier alpha value is -3.20. The monoisotopic (exact) mass is 404 g/mol. The first kappa shape index (κ1) is 16.7. The highest BCUT2D eigenvalue weighted by Crippen LogP contribution is 2.13. The van der Waals surface area contributed by atoms with Crippen molar-refractivity contribution in [3.63, 3.8) is 0 Å². The molecule has 8 nitrogen and oxygen atoms in total. The summed E-state index contributed by atoms with van der Waals surface area (Å²) < 4.78 is 9.44. The van der Waals surface area contributed by atoms with Crippen LogP contribution in [0.15, 0.2) is 74.9 Å². The highest BCUT2D eigenvalue weighted by atomic mass is 79.9. The Labute approximate surface area is 145 Å². The fourth-order valence-corrected chi connectivity index (χ4v) is 2.47. The van der Waals surface area contributed by atoms with Crippen molar-refractivity contribution >= 4 is 37.7 Å². The fourth-order valence-electron chi connectivity index (χ4n) is 2.11. The molecule has 0 atom stereocenters. The number of benzene rings is 2. The molecule has 25 heavy (non-hydrogen) atoms. The summed E-state index contributed by atoms with van der Waals surface area (Å²) in [5.74, 6) is -1.46. The lowest BCUT2D eigenvalue weighted by atomic mass is 10.2. The number of H-pyrrole nitrogens is 2. The number of halogens is 1. The normalized spacial score (nSPS) is 10.4. The van der Waals surface area contributed by atoms with Crippen molar-refractivity contribution < 1.29 is 8.83 Å². The van der Waals surface area contributed by atoms with Gasteiger partial charge in [-0.2, -0.15) is 0 Å². The second-order valence-electron chi connectivity index (χ2n) is 4.84. The second kappa shape index (κ2) is 6.73. The molecular formula is C16H9BrN2O6. The molecule has 2 heterocycles. The van der Waals surface area contributed by atoms with Gasteiger partial charge in [0.25, 0.3) is 0 Å². The zero-order valence-electron chi connectivity index (χ0n) is 12.4. The third-order valence-corrected chi connectivity index (χ3v) is 3.69. The topological polar surface area (TPSA) is 126 Å². The van der Waals surface area contributed by atoms with Crippen molar-refractivity contribution in [3.05, 3.63) is 88.9 Å². The van der Waals surface area contributed by atoms with Crippen LogP contribution >= 0.6 is 15.9 Å². The first-order valence-electron chi connectivity index (χ1n) is 6.89. The average molecular weight is 405 g/mol. The van der Waals surface area contributed by atoms with Gasteiger partial charge in [0.05, 0.1) is 21.8 Å². The molecule has 0 spiro atoms. The van der Waals surface area contributed by atoms with Crippen LogP contribution in [0.25, 0.3) is 21.8 Å². The Balaban J connectivity index is 0.000000146. The SMILES string of the molecule is O=c1[nH]c2ccc(Br)cc2c(=O)o1.O=c1[nH]c2ccccc2c(=O)o1. The van der Waals surface area contributed by atoms with Crippen LogP contribution < -0.4 is 22.8 Å². The van der Waals surface area contributed by atoms with Crippen LogP contribution in [-0.2, 0) is 0 Å². The van der Waals surface area contributed by atoms with E-state index in [1.165, 1.54) is 0 Å². The predicted octanol–water partition coefficient (Wildman–Crippen LogP) is 1.73. The van der Waals surface area contributed by atoms with E-state index >= 15 is 0 Å². The van der Waals surface area contributed by atoms with Crippen LogP contribution in [0.2, 0.25) is 0 Å². The summed E-state index contributed by atoms with van der Waals surface area (Å²) in [7, 11) is 0. The molecule has 0 fully saturated rings. The summed E-state index contributed by atoms with van der Waals surface area (Å²) in [4.78, 5) is 48.4. The third-order valence-electron chi connectivity index (χ3n) is 3.19. The number of hydrogen-bond acceptors (Lipinski definition) is 6. The van der Waals surface area contributed by atoms with Gasteiger partial charge in [0, 0.05) is 4.47 Å². The maximum Gasteiger partial charge on any atom is 0.419 e. The van der Waals surface area contributed by atoms with E-state index in [1.54, 1.807) is 42.5 Å². The molecule has 126 valence electrons. The molecule has 0 saturated carbocycles. The van der Waals surface area contributed by atoms with Crippen LogP contribution in [0.5, 0.6) is 0 Å². The molecule has 0 aliphatic heterocycles. The molecule has 2 aromatic heterocycles. The smallest absolute Gasteiger partial charge is 0.372 e. The molecule has 0 aliphatic rings. The highest BCUT2D eigenvalue weighted by Gasteiger charge is 2.02. The standard InChI is InChI=1S/C8H4BrNO3.C8H5NO3/c9-4-1-2-6-5(3-4)7(11)13-8(12)10-6;10-7-5-3-1-2-4-6(5)9-8(11)12-7/h1-3H,(H,10,12);1-4H,(H,9,11). The predicted molar refractivity (Wildman–Crippen MR) is 93.9 cm³/mol. The lowest BCUT2D eigenvalue weighted by Gasteiger charge is -1.94. The lowest BCUT2D eigenvalue weighted by molar-refractivity contribution is 0.459. The zero-order valence-corrected chi connectivity index (χ0v) is 14.0. The van der Waals surface area contributed by atoms with Crippen molar-refractivity contribution in [2.24, 2.45) is 0 Å². The quantitative estimate of drug-likeness (QED) is 0.459. The minimum atomic E-state index is -0.736. The molecule has 4 aromatic rings. The Morgan fingerprint density at radius 2 is 1.28 bits per heavy atom. The van der Waals surface area contributed by atoms with Crippen molar-refractivity contribution in [2.45, 2.75) is 0 Å². The third kappa shape index (κ3) is 3.66. The van der Waals surface area contributed by atoms with Gasteiger partial charge >= 0.3 is 22.8 Å². The first-order chi connectivity index (χ1) is 11.9. The van der Waals surface area contributed by atoms with E-state index in [0.717, 1.165) is 4.47 Å². The van der Waals surface area contributed by atoms with Gasteiger partial charge in [0.2, 0.25) is 0 Å². The average Bonchev–Trinajstić information content (AvgIpc) is 2.56. The van der Waals surface area contributed by atoms with Crippen molar-refractivity contribution in [3.8, 4) is 0 Å². The second-order valence-corrected chi connectivity index (χ2v) is 5.76. The molecule has 0 amide bonds. The van der Waals surface area contributed by atoms with E-state index in [0.29, 0.717) is 21.8 Å².